The number of rotatable bonds is 5. The number of amides is 3. The lowest BCUT2D eigenvalue weighted by atomic mass is 10.1. The molecule has 160 valence electrons. The van der Waals surface area contributed by atoms with Gasteiger partial charge in [-0.25, -0.2) is 9.18 Å². The quantitative estimate of drug-likeness (QED) is 0.472. The smallest absolute Gasteiger partial charge is 0.334 e. The molecule has 0 saturated carbocycles. The maximum atomic E-state index is 13.6. The minimum absolute atomic E-state index is 0.0847. The van der Waals surface area contributed by atoms with Gasteiger partial charge in [-0.2, -0.15) is 13.2 Å². The summed E-state index contributed by atoms with van der Waals surface area (Å²) in [6.45, 7) is -0.203. The van der Waals surface area contributed by atoms with E-state index in [1.807, 2.05) is 0 Å². The molecule has 0 unspecified atom stereocenters. The van der Waals surface area contributed by atoms with Crippen molar-refractivity contribution in [3.8, 4) is 0 Å². The number of urea groups is 1. The van der Waals surface area contributed by atoms with Gasteiger partial charge in [0, 0.05) is 23.4 Å². The summed E-state index contributed by atoms with van der Waals surface area (Å²) >= 11 is 0. The molecule has 0 aliphatic rings. The Bertz CT molecular complexity index is 1090. The highest BCUT2D eigenvalue weighted by atomic mass is 19.4. The van der Waals surface area contributed by atoms with Gasteiger partial charge < -0.3 is 16.0 Å². The summed E-state index contributed by atoms with van der Waals surface area (Å²) in [4.78, 5) is 24.2. The number of hydrogen-bond acceptors (Lipinski definition) is 2. The van der Waals surface area contributed by atoms with Gasteiger partial charge in [0.15, 0.2) is 0 Å². The van der Waals surface area contributed by atoms with Crippen molar-refractivity contribution in [2.24, 2.45) is 0 Å². The second-order valence-electron chi connectivity index (χ2n) is 6.48. The number of halogens is 4. The Hall–Kier alpha value is -3.88. The monoisotopic (exact) mass is 431 g/mol. The van der Waals surface area contributed by atoms with Crippen molar-refractivity contribution in [1.82, 2.24) is 5.32 Å². The molecule has 0 saturated heterocycles. The molecule has 5 nitrogen and oxygen atoms in total. The number of carbonyl (C=O) groups excluding carboxylic acids is 2. The number of alkyl halides is 3. The molecule has 31 heavy (non-hydrogen) atoms. The lowest BCUT2D eigenvalue weighted by Crippen LogP contribution is -2.29. The minimum atomic E-state index is -4.79. The second kappa shape index (κ2) is 9.29. The van der Waals surface area contributed by atoms with Crippen LogP contribution in [0.2, 0.25) is 0 Å². The van der Waals surface area contributed by atoms with Crippen LogP contribution >= 0.6 is 0 Å². The molecule has 3 aromatic rings. The topological polar surface area (TPSA) is 70.2 Å². The Labute approximate surface area is 175 Å². The average molecular weight is 431 g/mol. The molecule has 0 spiro atoms. The molecular weight excluding hydrogens is 414 g/mol. The van der Waals surface area contributed by atoms with E-state index in [9.17, 15) is 27.2 Å². The Balaban J connectivity index is 1.73. The van der Waals surface area contributed by atoms with E-state index in [2.05, 4.69) is 16.0 Å². The molecule has 0 atom stereocenters. The molecule has 3 N–H and O–H groups in total. The van der Waals surface area contributed by atoms with E-state index in [0.717, 1.165) is 12.1 Å². The predicted molar refractivity (Wildman–Crippen MR) is 108 cm³/mol. The highest BCUT2D eigenvalue weighted by molar-refractivity contribution is 6.04. The third-order valence-corrected chi connectivity index (χ3v) is 4.26. The summed E-state index contributed by atoms with van der Waals surface area (Å²) in [5, 5.41) is 6.82. The zero-order valence-corrected chi connectivity index (χ0v) is 16.0. The first-order valence-electron chi connectivity index (χ1n) is 9.10. The van der Waals surface area contributed by atoms with Gasteiger partial charge in [0.25, 0.3) is 5.91 Å². The number of benzene rings is 3. The van der Waals surface area contributed by atoms with E-state index in [1.165, 1.54) is 36.4 Å². The lowest BCUT2D eigenvalue weighted by molar-refractivity contribution is -0.136. The number of anilines is 2. The molecule has 0 heterocycles. The first-order valence-corrected chi connectivity index (χ1v) is 9.10. The van der Waals surface area contributed by atoms with Crippen LogP contribution in [0.4, 0.5) is 33.7 Å². The maximum absolute atomic E-state index is 13.6. The van der Waals surface area contributed by atoms with Crippen LogP contribution < -0.4 is 16.0 Å². The number of nitrogens with one attached hydrogen (secondary N) is 3. The molecule has 0 aliphatic heterocycles. The van der Waals surface area contributed by atoms with Crippen molar-refractivity contribution in [2.75, 3.05) is 10.6 Å². The number of hydrogen-bond donors (Lipinski definition) is 3. The Morgan fingerprint density at radius 1 is 0.839 bits per heavy atom. The van der Waals surface area contributed by atoms with Gasteiger partial charge in [-0.3, -0.25) is 4.79 Å². The van der Waals surface area contributed by atoms with Crippen LogP contribution in [0, 0.1) is 5.82 Å². The van der Waals surface area contributed by atoms with E-state index in [-0.39, 0.29) is 23.4 Å². The van der Waals surface area contributed by atoms with Crippen molar-refractivity contribution < 1.29 is 27.2 Å². The molecule has 9 heteroatoms. The standard InChI is InChI=1S/C22H17F4N3O2/c23-18-9-5-4-8-15(18)13-27-21(31)29-19-11-10-16(12-17(19)22(24,25)26)28-20(30)14-6-2-1-3-7-14/h1-12H,13H2,(H,28,30)(H2,27,29,31). The lowest BCUT2D eigenvalue weighted by Gasteiger charge is -2.16. The van der Waals surface area contributed by atoms with Crippen LogP contribution in [-0.4, -0.2) is 11.9 Å². The van der Waals surface area contributed by atoms with Gasteiger partial charge in [0.05, 0.1) is 11.3 Å². The van der Waals surface area contributed by atoms with Crippen LogP contribution in [-0.2, 0) is 12.7 Å². The van der Waals surface area contributed by atoms with E-state index >= 15 is 0 Å². The molecule has 0 bridgehead atoms. The first kappa shape index (κ1) is 21.8. The number of carbonyl (C=O) groups is 2. The van der Waals surface area contributed by atoms with Crippen molar-refractivity contribution >= 4 is 23.3 Å². The average Bonchev–Trinajstić information content (AvgIpc) is 2.74. The Kier molecular flexibility index (Phi) is 6.54. The van der Waals surface area contributed by atoms with Gasteiger partial charge in [0.1, 0.15) is 5.82 Å². The van der Waals surface area contributed by atoms with Crippen LogP contribution in [0.5, 0.6) is 0 Å². The van der Waals surface area contributed by atoms with Crippen LogP contribution in [0.25, 0.3) is 0 Å². The van der Waals surface area contributed by atoms with Crippen molar-refractivity contribution in [1.29, 1.82) is 0 Å². The van der Waals surface area contributed by atoms with Gasteiger partial charge in [-0.1, -0.05) is 36.4 Å². The van der Waals surface area contributed by atoms with Crippen LogP contribution in [0.3, 0.4) is 0 Å². The van der Waals surface area contributed by atoms with Crippen molar-refractivity contribution in [3.05, 3.63) is 95.3 Å². The highest BCUT2D eigenvalue weighted by Crippen LogP contribution is 2.36. The Morgan fingerprint density at radius 3 is 2.19 bits per heavy atom. The zero-order chi connectivity index (χ0) is 22.4. The summed E-state index contributed by atoms with van der Waals surface area (Å²) < 4.78 is 54.1. The molecule has 0 aromatic heterocycles. The van der Waals surface area contributed by atoms with Crippen LogP contribution in [0.15, 0.2) is 72.8 Å². The molecule has 0 fully saturated rings. The SMILES string of the molecule is O=C(NCc1ccccc1F)Nc1ccc(NC(=O)c2ccccc2)cc1C(F)(F)F. The molecule has 3 amide bonds. The third-order valence-electron chi connectivity index (χ3n) is 4.26. The van der Waals surface area contributed by atoms with E-state index in [0.29, 0.717) is 0 Å². The predicted octanol–water partition coefficient (Wildman–Crippen LogP) is 5.42. The zero-order valence-electron chi connectivity index (χ0n) is 16.0. The molecule has 0 radical (unpaired) electrons. The van der Waals surface area contributed by atoms with Crippen molar-refractivity contribution in [3.63, 3.8) is 0 Å². The fourth-order valence-electron chi connectivity index (χ4n) is 2.74. The Morgan fingerprint density at radius 2 is 1.52 bits per heavy atom. The van der Waals surface area contributed by atoms with Gasteiger partial charge in [-0.15, -0.1) is 0 Å². The summed E-state index contributed by atoms with van der Waals surface area (Å²) in [6, 6.07) is 15.8. The maximum Gasteiger partial charge on any atom is 0.418 e. The molecular formula is C22H17F4N3O2. The van der Waals surface area contributed by atoms with Crippen molar-refractivity contribution in [2.45, 2.75) is 12.7 Å². The fourth-order valence-corrected chi connectivity index (χ4v) is 2.74. The van der Waals surface area contributed by atoms with Gasteiger partial charge in [-0.05, 0) is 36.4 Å². The normalized spacial score (nSPS) is 11.0. The third kappa shape index (κ3) is 5.81. The molecule has 0 aliphatic carbocycles. The molecule has 3 aromatic carbocycles. The fraction of sp³-hybridized carbons (Fsp3) is 0.0909. The minimum Gasteiger partial charge on any atom is -0.334 e. The van der Waals surface area contributed by atoms with E-state index in [4.69, 9.17) is 0 Å². The van der Waals surface area contributed by atoms with E-state index < -0.39 is 35.2 Å². The second-order valence-corrected chi connectivity index (χ2v) is 6.48. The van der Waals surface area contributed by atoms with Gasteiger partial charge in [0.2, 0.25) is 0 Å². The first-order chi connectivity index (χ1) is 14.7. The van der Waals surface area contributed by atoms with Crippen LogP contribution in [0.1, 0.15) is 21.5 Å². The summed E-state index contributed by atoms with van der Waals surface area (Å²) in [6.07, 6.45) is -4.79. The largest absolute Gasteiger partial charge is 0.418 e. The van der Waals surface area contributed by atoms with E-state index in [1.54, 1.807) is 24.3 Å². The molecule has 3 rings (SSSR count). The summed E-state index contributed by atoms with van der Waals surface area (Å²) in [5.74, 6) is -1.12. The highest BCUT2D eigenvalue weighted by Gasteiger charge is 2.34. The van der Waals surface area contributed by atoms with Gasteiger partial charge >= 0.3 is 12.2 Å². The summed E-state index contributed by atoms with van der Waals surface area (Å²) in [5.41, 5.74) is -1.26. The summed E-state index contributed by atoms with van der Waals surface area (Å²) in [7, 11) is 0.